The first kappa shape index (κ1) is 17.9. The predicted octanol–water partition coefficient (Wildman–Crippen LogP) is 4.46. The molecule has 0 heterocycles. The van der Waals surface area contributed by atoms with Crippen LogP contribution < -0.4 is 0 Å². The van der Waals surface area contributed by atoms with E-state index in [2.05, 4.69) is 12.1 Å². The van der Waals surface area contributed by atoms with Gasteiger partial charge in [0.15, 0.2) is 0 Å². The van der Waals surface area contributed by atoms with Gasteiger partial charge >= 0.3 is 0 Å². The third kappa shape index (κ3) is 5.30. The molecule has 23 heavy (non-hydrogen) atoms. The van der Waals surface area contributed by atoms with Gasteiger partial charge in [-0.3, -0.25) is 0 Å². The van der Waals surface area contributed by atoms with Gasteiger partial charge in [-0.25, -0.2) is 0 Å². The summed E-state index contributed by atoms with van der Waals surface area (Å²) in [5, 5.41) is 0. The molecule has 0 unspecified atom stereocenters. The normalized spacial score (nSPS) is 12.3. The first-order chi connectivity index (χ1) is 10.7. The predicted molar refractivity (Wildman–Crippen MR) is 96.6 cm³/mol. The lowest BCUT2D eigenvalue weighted by Crippen LogP contribution is -2.34. The Morgan fingerprint density at radius 2 is 1.52 bits per heavy atom. The minimum absolute atomic E-state index is 0.260. The van der Waals surface area contributed by atoms with Crippen molar-refractivity contribution in [2.24, 2.45) is 0 Å². The highest BCUT2D eigenvalue weighted by Crippen LogP contribution is 2.24. The Morgan fingerprint density at radius 3 is 2.09 bits per heavy atom. The molecular formula is C18H24O3SSi. The van der Waals surface area contributed by atoms with Crippen LogP contribution in [0, 0.1) is 13.8 Å². The van der Waals surface area contributed by atoms with Gasteiger partial charge in [0.25, 0.3) is 10.1 Å². The highest BCUT2D eigenvalue weighted by atomic mass is 32.2. The molecule has 2 rings (SSSR count). The summed E-state index contributed by atoms with van der Waals surface area (Å²) >= 11 is 0. The standard InChI is InChI=1S/C18H24O3SSi/c1-15-12-16(2)14-18(13-15)22(19,20)21-23(3,4)11-10-17-8-6-5-7-9-17/h5-9,12-14H,10-11H2,1-4H3. The number of rotatable bonds is 6. The topological polar surface area (TPSA) is 43.4 Å². The van der Waals surface area contributed by atoms with Crippen LogP contribution in [0.5, 0.6) is 0 Å². The molecule has 0 saturated heterocycles. The van der Waals surface area contributed by atoms with Gasteiger partial charge in [-0.1, -0.05) is 36.4 Å². The summed E-state index contributed by atoms with van der Waals surface area (Å²) in [5.74, 6) is 0. The second-order valence-electron chi connectivity index (χ2n) is 6.61. The Labute approximate surface area is 140 Å². The zero-order valence-electron chi connectivity index (χ0n) is 14.2. The Morgan fingerprint density at radius 1 is 0.957 bits per heavy atom. The summed E-state index contributed by atoms with van der Waals surface area (Å²) < 4.78 is 30.8. The van der Waals surface area contributed by atoms with Crippen molar-refractivity contribution >= 4 is 18.4 Å². The summed E-state index contributed by atoms with van der Waals surface area (Å²) in [6.45, 7) is 7.69. The number of hydrogen-bond acceptors (Lipinski definition) is 3. The van der Waals surface area contributed by atoms with Crippen LogP contribution in [-0.4, -0.2) is 16.7 Å². The molecule has 0 fully saturated rings. The second-order valence-corrected chi connectivity index (χ2v) is 12.7. The number of benzene rings is 2. The minimum atomic E-state index is -3.71. The average Bonchev–Trinajstić information content (AvgIpc) is 2.44. The summed E-state index contributed by atoms with van der Waals surface area (Å²) in [5.41, 5.74) is 3.06. The maximum absolute atomic E-state index is 12.6. The van der Waals surface area contributed by atoms with Gasteiger partial charge in [0, 0.05) is 0 Å². The van der Waals surface area contributed by atoms with Gasteiger partial charge < -0.3 is 3.87 Å². The van der Waals surface area contributed by atoms with Crippen molar-refractivity contribution in [2.45, 2.75) is 44.3 Å². The molecule has 0 bridgehead atoms. The van der Waals surface area contributed by atoms with E-state index in [1.54, 1.807) is 12.1 Å². The molecular weight excluding hydrogens is 324 g/mol. The van der Waals surface area contributed by atoms with Crippen molar-refractivity contribution in [1.82, 2.24) is 0 Å². The minimum Gasteiger partial charge on any atom is -0.312 e. The third-order valence-corrected chi connectivity index (χ3v) is 8.63. The lowest BCUT2D eigenvalue weighted by molar-refractivity contribution is 0.481. The molecule has 0 aliphatic rings. The quantitative estimate of drug-likeness (QED) is 0.724. The Bertz CT molecular complexity index is 748. The zero-order valence-corrected chi connectivity index (χ0v) is 16.0. The molecule has 0 aromatic heterocycles. The molecule has 0 saturated carbocycles. The zero-order chi connectivity index (χ0) is 17.1. The molecule has 124 valence electrons. The lowest BCUT2D eigenvalue weighted by atomic mass is 10.2. The van der Waals surface area contributed by atoms with Gasteiger partial charge in [-0.2, -0.15) is 8.42 Å². The van der Waals surface area contributed by atoms with Crippen molar-refractivity contribution in [3.8, 4) is 0 Å². The van der Waals surface area contributed by atoms with Gasteiger partial charge in [-0.15, -0.1) is 0 Å². The summed E-state index contributed by atoms with van der Waals surface area (Å²) in [6.07, 6.45) is 0.836. The van der Waals surface area contributed by atoms with E-state index in [1.807, 2.05) is 51.2 Å². The van der Waals surface area contributed by atoms with Gasteiger partial charge in [0.05, 0.1) is 4.90 Å². The molecule has 2 aromatic carbocycles. The second kappa shape index (κ2) is 6.99. The van der Waals surface area contributed by atoms with Crippen LogP contribution in [-0.2, 0) is 20.4 Å². The average molecular weight is 349 g/mol. The maximum Gasteiger partial charge on any atom is 0.287 e. The summed E-state index contributed by atoms with van der Waals surface area (Å²) in [6, 6.07) is 16.2. The van der Waals surface area contributed by atoms with E-state index in [-0.39, 0.29) is 4.90 Å². The van der Waals surface area contributed by atoms with Gasteiger partial charge in [0.2, 0.25) is 8.32 Å². The fourth-order valence-corrected chi connectivity index (χ4v) is 7.20. The van der Waals surface area contributed by atoms with E-state index < -0.39 is 18.4 Å². The van der Waals surface area contributed by atoms with Crippen LogP contribution in [0.2, 0.25) is 19.1 Å². The molecule has 0 atom stereocenters. The Hall–Kier alpha value is -1.43. The van der Waals surface area contributed by atoms with E-state index in [0.29, 0.717) is 0 Å². The first-order valence-electron chi connectivity index (χ1n) is 7.76. The van der Waals surface area contributed by atoms with E-state index in [9.17, 15) is 8.42 Å². The Kier molecular flexibility index (Phi) is 5.44. The number of aryl methyl sites for hydroxylation is 3. The molecule has 0 amide bonds. The van der Waals surface area contributed by atoms with Crippen molar-refractivity contribution in [1.29, 1.82) is 0 Å². The van der Waals surface area contributed by atoms with Crippen molar-refractivity contribution in [3.63, 3.8) is 0 Å². The highest BCUT2D eigenvalue weighted by Gasteiger charge is 2.30. The van der Waals surface area contributed by atoms with E-state index >= 15 is 0 Å². The summed E-state index contributed by atoms with van der Waals surface area (Å²) in [7, 11) is -6.03. The van der Waals surface area contributed by atoms with Crippen LogP contribution in [0.15, 0.2) is 53.4 Å². The molecule has 5 heteroatoms. The van der Waals surface area contributed by atoms with Gasteiger partial charge in [-0.05, 0) is 68.2 Å². The van der Waals surface area contributed by atoms with Gasteiger partial charge in [0.1, 0.15) is 0 Å². The molecule has 0 aliphatic heterocycles. The number of hydrogen-bond donors (Lipinski definition) is 0. The smallest absolute Gasteiger partial charge is 0.287 e. The monoisotopic (exact) mass is 348 g/mol. The van der Waals surface area contributed by atoms with Crippen LogP contribution >= 0.6 is 0 Å². The molecule has 0 radical (unpaired) electrons. The molecule has 2 aromatic rings. The van der Waals surface area contributed by atoms with Crippen molar-refractivity contribution in [2.75, 3.05) is 0 Å². The largest absolute Gasteiger partial charge is 0.312 e. The van der Waals surface area contributed by atoms with Crippen molar-refractivity contribution in [3.05, 3.63) is 65.2 Å². The van der Waals surface area contributed by atoms with Crippen LogP contribution in [0.1, 0.15) is 16.7 Å². The fraction of sp³-hybridized carbons (Fsp3) is 0.333. The summed E-state index contributed by atoms with van der Waals surface area (Å²) in [4.78, 5) is 0.260. The Balaban J connectivity index is 2.11. The molecule has 3 nitrogen and oxygen atoms in total. The van der Waals surface area contributed by atoms with Crippen molar-refractivity contribution < 1.29 is 12.3 Å². The highest BCUT2D eigenvalue weighted by molar-refractivity contribution is 7.87. The SMILES string of the molecule is Cc1cc(C)cc(S(=O)(=O)O[Si](C)(C)CCc2ccccc2)c1. The lowest BCUT2D eigenvalue weighted by Gasteiger charge is -2.22. The third-order valence-electron chi connectivity index (χ3n) is 3.68. The van der Waals surface area contributed by atoms with Crippen LogP contribution in [0.4, 0.5) is 0 Å². The fourth-order valence-electron chi connectivity index (χ4n) is 2.55. The molecule has 0 aliphatic carbocycles. The maximum atomic E-state index is 12.6. The van der Waals surface area contributed by atoms with E-state index in [0.717, 1.165) is 23.6 Å². The first-order valence-corrected chi connectivity index (χ1v) is 12.3. The molecule has 0 spiro atoms. The van der Waals surface area contributed by atoms with Crippen LogP contribution in [0.3, 0.4) is 0 Å². The van der Waals surface area contributed by atoms with Crippen LogP contribution in [0.25, 0.3) is 0 Å². The van der Waals surface area contributed by atoms with E-state index in [4.69, 9.17) is 3.87 Å². The van der Waals surface area contributed by atoms with E-state index in [1.165, 1.54) is 5.56 Å². The molecule has 0 N–H and O–H groups in total.